The van der Waals surface area contributed by atoms with E-state index in [4.69, 9.17) is 14.2 Å². The molecule has 0 unspecified atom stereocenters. The van der Waals surface area contributed by atoms with Crippen LogP contribution in [0.1, 0.15) is 16.8 Å². The van der Waals surface area contributed by atoms with Gasteiger partial charge in [0.2, 0.25) is 5.91 Å². The Morgan fingerprint density at radius 3 is 2.69 bits per heavy atom. The Labute approximate surface area is 151 Å². The van der Waals surface area contributed by atoms with E-state index >= 15 is 0 Å². The second-order valence-corrected chi connectivity index (χ2v) is 5.64. The van der Waals surface area contributed by atoms with Gasteiger partial charge in [0, 0.05) is 30.3 Å². The highest BCUT2D eigenvalue weighted by Gasteiger charge is 2.13. The van der Waals surface area contributed by atoms with Crippen LogP contribution in [0.4, 0.5) is 5.69 Å². The summed E-state index contributed by atoms with van der Waals surface area (Å²) in [5.41, 5.74) is 1.11. The lowest BCUT2D eigenvalue weighted by Crippen LogP contribution is -2.27. The van der Waals surface area contributed by atoms with Crippen LogP contribution in [0, 0.1) is 0 Å². The highest BCUT2D eigenvalue weighted by molar-refractivity contribution is 5.95. The SMILES string of the molecule is COc1cccc(C(=O)NCCC(=O)Nc2ccc3c(c2)OCCO3)c1. The van der Waals surface area contributed by atoms with Crippen LogP contribution in [0.2, 0.25) is 0 Å². The molecule has 1 heterocycles. The van der Waals surface area contributed by atoms with Crippen LogP contribution >= 0.6 is 0 Å². The predicted molar refractivity (Wildman–Crippen MR) is 96.0 cm³/mol. The lowest BCUT2D eigenvalue weighted by molar-refractivity contribution is -0.116. The molecule has 0 aliphatic carbocycles. The number of methoxy groups -OCH3 is 1. The van der Waals surface area contributed by atoms with Gasteiger partial charge in [0.05, 0.1) is 7.11 Å². The molecular formula is C19H20N2O5. The molecule has 3 rings (SSSR count). The van der Waals surface area contributed by atoms with Crippen molar-refractivity contribution in [2.45, 2.75) is 6.42 Å². The zero-order valence-corrected chi connectivity index (χ0v) is 14.4. The van der Waals surface area contributed by atoms with Crippen molar-refractivity contribution in [3.8, 4) is 17.2 Å². The number of carbonyl (C=O) groups excluding carboxylic acids is 2. The Morgan fingerprint density at radius 2 is 1.88 bits per heavy atom. The minimum absolute atomic E-state index is 0.157. The van der Waals surface area contributed by atoms with Crippen LogP contribution in [-0.2, 0) is 4.79 Å². The average Bonchev–Trinajstić information content (AvgIpc) is 2.67. The van der Waals surface area contributed by atoms with E-state index in [0.29, 0.717) is 41.7 Å². The number of fused-ring (bicyclic) bond motifs is 1. The van der Waals surface area contributed by atoms with Gasteiger partial charge in [-0.3, -0.25) is 9.59 Å². The molecule has 2 aromatic carbocycles. The zero-order chi connectivity index (χ0) is 18.4. The van der Waals surface area contributed by atoms with Crippen LogP contribution in [0.15, 0.2) is 42.5 Å². The van der Waals surface area contributed by atoms with Crippen molar-refractivity contribution in [1.82, 2.24) is 5.32 Å². The summed E-state index contributed by atoms with van der Waals surface area (Å²) in [5.74, 6) is 1.43. The van der Waals surface area contributed by atoms with E-state index in [1.54, 1.807) is 49.6 Å². The molecule has 1 aliphatic rings. The first kappa shape index (κ1) is 17.6. The summed E-state index contributed by atoms with van der Waals surface area (Å²) in [4.78, 5) is 24.1. The molecule has 0 aromatic heterocycles. The first-order valence-corrected chi connectivity index (χ1v) is 8.27. The molecule has 1 aliphatic heterocycles. The number of rotatable bonds is 6. The lowest BCUT2D eigenvalue weighted by atomic mass is 10.2. The summed E-state index contributed by atoms with van der Waals surface area (Å²) in [6, 6.07) is 12.1. The van der Waals surface area contributed by atoms with Crippen LogP contribution in [0.5, 0.6) is 17.2 Å². The van der Waals surface area contributed by atoms with Crippen LogP contribution in [0.25, 0.3) is 0 Å². The van der Waals surface area contributed by atoms with Gasteiger partial charge in [-0.2, -0.15) is 0 Å². The molecule has 7 heteroatoms. The summed E-state index contributed by atoms with van der Waals surface area (Å²) in [7, 11) is 1.54. The predicted octanol–water partition coefficient (Wildman–Crippen LogP) is 2.23. The van der Waals surface area contributed by atoms with E-state index < -0.39 is 0 Å². The van der Waals surface area contributed by atoms with Crippen molar-refractivity contribution in [1.29, 1.82) is 0 Å². The molecule has 0 saturated heterocycles. The van der Waals surface area contributed by atoms with Gasteiger partial charge in [0.1, 0.15) is 19.0 Å². The molecule has 2 amide bonds. The van der Waals surface area contributed by atoms with Crippen molar-refractivity contribution in [2.24, 2.45) is 0 Å². The van der Waals surface area contributed by atoms with E-state index in [1.807, 2.05) is 0 Å². The topological polar surface area (TPSA) is 85.9 Å². The molecule has 2 aromatic rings. The molecule has 0 fully saturated rings. The Balaban J connectivity index is 1.47. The summed E-state index contributed by atoms with van der Waals surface area (Å²) < 4.78 is 16.0. The van der Waals surface area contributed by atoms with Gasteiger partial charge >= 0.3 is 0 Å². The van der Waals surface area contributed by atoms with Gasteiger partial charge in [0.25, 0.3) is 5.91 Å². The highest BCUT2D eigenvalue weighted by Crippen LogP contribution is 2.32. The molecule has 0 spiro atoms. The smallest absolute Gasteiger partial charge is 0.251 e. The standard InChI is InChI=1S/C19H20N2O5/c1-24-15-4-2-3-13(11-15)19(23)20-8-7-18(22)21-14-5-6-16-17(12-14)26-10-9-25-16/h2-6,11-12H,7-10H2,1H3,(H,20,23)(H,21,22). The third-order valence-corrected chi connectivity index (χ3v) is 3.80. The number of anilines is 1. The fourth-order valence-corrected chi connectivity index (χ4v) is 2.50. The number of carbonyl (C=O) groups is 2. The van der Waals surface area contributed by atoms with Crippen molar-refractivity contribution in [3.63, 3.8) is 0 Å². The normalized spacial score (nSPS) is 12.2. The molecule has 7 nitrogen and oxygen atoms in total. The van der Waals surface area contributed by atoms with E-state index in [9.17, 15) is 9.59 Å². The fraction of sp³-hybridized carbons (Fsp3) is 0.263. The minimum atomic E-state index is -0.254. The van der Waals surface area contributed by atoms with Gasteiger partial charge in [-0.25, -0.2) is 0 Å². The Bertz CT molecular complexity index is 806. The second-order valence-electron chi connectivity index (χ2n) is 5.64. The number of hydrogen-bond acceptors (Lipinski definition) is 5. The van der Waals surface area contributed by atoms with Crippen molar-refractivity contribution >= 4 is 17.5 Å². The second kappa shape index (κ2) is 8.24. The van der Waals surface area contributed by atoms with E-state index in [-0.39, 0.29) is 24.8 Å². The summed E-state index contributed by atoms with van der Waals surface area (Å²) in [5, 5.41) is 5.49. The number of benzene rings is 2. The van der Waals surface area contributed by atoms with Gasteiger partial charge in [-0.05, 0) is 30.3 Å². The van der Waals surface area contributed by atoms with Gasteiger partial charge in [0.15, 0.2) is 11.5 Å². The van der Waals surface area contributed by atoms with Crippen LogP contribution in [0.3, 0.4) is 0 Å². The van der Waals surface area contributed by atoms with Crippen molar-refractivity contribution in [3.05, 3.63) is 48.0 Å². The van der Waals surface area contributed by atoms with Crippen LogP contribution in [-0.4, -0.2) is 38.7 Å². The number of hydrogen-bond donors (Lipinski definition) is 2. The van der Waals surface area contributed by atoms with Gasteiger partial charge < -0.3 is 24.8 Å². The number of amides is 2. The molecule has 2 N–H and O–H groups in total. The Kier molecular flexibility index (Phi) is 5.58. The molecule has 26 heavy (non-hydrogen) atoms. The van der Waals surface area contributed by atoms with E-state index in [1.165, 1.54) is 0 Å². The van der Waals surface area contributed by atoms with Crippen LogP contribution < -0.4 is 24.8 Å². The molecule has 136 valence electrons. The van der Waals surface area contributed by atoms with E-state index in [2.05, 4.69) is 10.6 Å². The fourth-order valence-electron chi connectivity index (χ4n) is 2.50. The monoisotopic (exact) mass is 356 g/mol. The Morgan fingerprint density at radius 1 is 1.08 bits per heavy atom. The average molecular weight is 356 g/mol. The summed E-state index contributed by atoms with van der Waals surface area (Å²) in [6.07, 6.45) is 0.157. The van der Waals surface area contributed by atoms with Crippen molar-refractivity contribution in [2.75, 3.05) is 32.2 Å². The minimum Gasteiger partial charge on any atom is -0.497 e. The Hall–Kier alpha value is -3.22. The van der Waals surface area contributed by atoms with Gasteiger partial charge in [-0.15, -0.1) is 0 Å². The highest BCUT2D eigenvalue weighted by atomic mass is 16.6. The van der Waals surface area contributed by atoms with Crippen molar-refractivity contribution < 1.29 is 23.8 Å². The molecule has 0 bridgehead atoms. The molecule has 0 saturated carbocycles. The maximum Gasteiger partial charge on any atom is 0.251 e. The largest absolute Gasteiger partial charge is 0.497 e. The number of nitrogens with one attached hydrogen (secondary N) is 2. The maximum absolute atomic E-state index is 12.1. The first-order valence-electron chi connectivity index (χ1n) is 8.27. The zero-order valence-electron chi connectivity index (χ0n) is 14.4. The molecule has 0 atom stereocenters. The van der Waals surface area contributed by atoms with Gasteiger partial charge in [-0.1, -0.05) is 6.07 Å². The third kappa shape index (κ3) is 4.44. The maximum atomic E-state index is 12.1. The summed E-state index contributed by atoms with van der Waals surface area (Å²) >= 11 is 0. The van der Waals surface area contributed by atoms with E-state index in [0.717, 1.165) is 0 Å². The molecule has 0 radical (unpaired) electrons. The summed E-state index contributed by atoms with van der Waals surface area (Å²) in [6.45, 7) is 1.23. The molecular weight excluding hydrogens is 336 g/mol. The lowest BCUT2D eigenvalue weighted by Gasteiger charge is -2.19. The third-order valence-electron chi connectivity index (χ3n) is 3.80. The quantitative estimate of drug-likeness (QED) is 0.829. The number of ether oxygens (including phenoxy) is 3. The first-order chi connectivity index (χ1) is 12.7.